The number of aromatic nitrogens is 3. The molecule has 0 aliphatic heterocycles. The highest BCUT2D eigenvalue weighted by Gasteiger charge is 2.27. The van der Waals surface area contributed by atoms with E-state index in [1.54, 1.807) is 37.4 Å². The molecule has 0 radical (unpaired) electrons. The lowest BCUT2D eigenvalue weighted by Crippen LogP contribution is -2.40. The molecule has 3 aromatic rings. The van der Waals surface area contributed by atoms with Crippen molar-refractivity contribution in [2.45, 2.75) is 44.7 Å². The first-order valence-electron chi connectivity index (χ1n) is 10.1. The number of rotatable bonds is 5. The average Bonchev–Trinajstić information content (AvgIpc) is 3.19. The lowest BCUT2D eigenvalue weighted by molar-refractivity contribution is -0.130. The van der Waals surface area contributed by atoms with Gasteiger partial charge < -0.3 is 15.2 Å². The van der Waals surface area contributed by atoms with E-state index in [4.69, 9.17) is 11.6 Å². The van der Waals surface area contributed by atoms with Gasteiger partial charge in [-0.25, -0.2) is 9.97 Å². The number of hydrogen-bond acceptors (Lipinski definition) is 5. The van der Waals surface area contributed by atoms with Crippen molar-refractivity contribution in [3.8, 4) is 0 Å². The first kappa shape index (κ1) is 20.3. The van der Waals surface area contributed by atoms with E-state index in [2.05, 4.69) is 20.3 Å². The van der Waals surface area contributed by atoms with Crippen molar-refractivity contribution < 1.29 is 9.59 Å². The van der Waals surface area contributed by atoms with Gasteiger partial charge in [0.25, 0.3) is 0 Å². The largest absolute Gasteiger partial charge is 0.367 e. The summed E-state index contributed by atoms with van der Waals surface area (Å²) in [6.45, 7) is 1.60. The third-order valence-corrected chi connectivity index (χ3v) is 6.24. The van der Waals surface area contributed by atoms with E-state index < -0.39 is 0 Å². The maximum Gasteiger partial charge on any atom is 0.219 e. The van der Waals surface area contributed by atoms with Crippen molar-refractivity contribution in [2.24, 2.45) is 0 Å². The van der Waals surface area contributed by atoms with Gasteiger partial charge in [0.05, 0.1) is 16.0 Å². The molecule has 0 bridgehead atoms. The molecule has 0 saturated heterocycles. The third-order valence-electron chi connectivity index (χ3n) is 5.91. The summed E-state index contributed by atoms with van der Waals surface area (Å²) < 4.78 is 0. The summed E-state index contributed by atoms with van der Waals surface area (Å²) in [6, 6.07) is 7.50. The number of benzene rings is 1. The van der Waals surface area contributed by atoms with Gasteiger partial charge in [0, 0.05) is 37.8 Å². The molecule has 2 heterocycles. The molecule has 1 fully saturated rings. The van der Waals surface area contributed by atoms with Crippen molar-refractivity contribution >= 4 is 40.1 Å². The predicted octanol–water partition coefficient (Wildman–Crippen LogP) is 4.04. The van der Waals surface area contributed by atoms with Gasteiger partial charge in [0.15, 0.2) is 5.78 Å². The van der Waals surface area contributed by atoms with Crippen LogP contribution in [-0.2, 0) is 4.79 Å². The molecule has 1 saturated carbocycles. The number of halogens is 1. The van der Waals surface area contributed by atoms with Crippen molar-refractivity contribution in [3.05, 3.63) is 52.9 Å². The Morgan fingerprint density at radius 3 is 2.57 bits per heavy atom. The first-order valence-corrected chi connectivity index (χ1v) is 10.4. The van der Waals surface area contributed by atoms with Gasteiger partial charge >= 0.3 is 0 Å². The van der Waals surface area contributed by atoms with E-state index in [0.29, 0.717) is 33.0 Å². The Morgan fingerprint density at radius 2 is 1.87 bits per heavy atom. The lowest BCUT2D eigenvalue weighted by atomic mass is 9.90. The first-order chi connectivity index (χ1) is 14.5. The zero-order valence-electron chi connectivity index (χ0n) is 17.0. The molecule has 2 N–H and O–H groups in total. The zero-order valence-corrected chi connectivity index (χ0v) is 17.7. The minimum absolute atomic E-state index is 0.0963. The zero-order chi connectivity index (χ0) is 21.3. The molecule has 8 heteroatoms. The van der Waals surface area contributed by atoms with Gasteiger partial charge in [-0.1, -0.05) is 23.7 Å². The average molecular weight is 426 g/mol. The van der Waals surface area contributed by atoms with Crippen LogP contribution in [0.25, 0.3) is 11.0 Å². The van der Waals surface area contributed by atoms with Crippen LogP contribution in [0.1, 0.15) is 48.5 Å². The fraction of sp³-hybridized carbons (Fsp3) is 0.364. The maximum atomic E-state index is 13.1. The molecule has 2 aromatic heterocycles. The van der Waals surface area contributed by atoms with E-state index in [-0.39, 0.29) is 23.8 Å². The van der Waals surface area contributed by atoms with Crippen LogP contribution >= 0.6 is 11.6 Å². The standard InChI is InChI=1S/C22H24ClN5O2/c1-13(29)28(2)15-9-7-14(8-10-15)27-22-19-17(11-24-21(19)25-12-26-22)20(30)16-5-3-4-6-18(16)23/h3-6,11-12,14-15H,7-10H2,1-2H3,(H2,24,25,26,27). The summed E-state index contributed by atoms with van der Waals surface area (Å²) in [7, 11) is 1.86. The molecule has 4 rings (SSSR count). The fourth-order valence-electron chi connectivity index (χ4n) is 4.10. The second kappa shape index (κ2) is 8.44. The molecule has 1 aromatic carbocycles. The number of carbonyl (C=O) groups excluding carboxylic acids is 2. The number of anilines is 1. The van der Waals surface area contributed by atoms with Crippen molar-refractivity contribution in [3.63, 3.8) is 0 Å². The van der Waals surface area contributed by atoms with Gasteiger partial charge in [-0.05, 0) is 37.8 Å². The summed E-state index contributed by atoms with van der Waals surface area (Å²) in [5.74, 6) is 0.565. The van der Waals surface area contributed by atoms with Crippen LogP contribution < -0.4 is 5.32 Å². The van der Waals surface area contributed by atoms with Crippen LogP contribution in [-0.4, -0.2) is 50.7 Å². The second-order valence-corrected chi connectivity index (χ2v) is 8.14. The molecule has 1 amide bonds. The summed E-state index contributed by atoms with van der Waals surface area (Å²) in [4.78, 5) is 38.4. The van der Waals surface area contributed by atoms with Gasteiger partial charge in [0.1, 0.15) is 17.8 Å². The molecular weight excluding hydrogens is 402 g/mol. The Hall–Kier alpha value is -2.93. The van der Waals surface area contributed by atoms with Crippen LogP contribution in [0, 0.1) is 0 Å². The van der Waals surface area contributed by atoms with Crippen LogP contribution in [0.2, 0.25) is 5.02 Å². The minimum Gasteiger partial charge on any atom is -0.367 e. The maximum absolute atomic E-state index is 13.1. The highest BCUT2D eigenvalue weighted by Crippen LogP contribution is 2.30. The number of nitrogens with one attached hydrogen (secondary N) is 2. The number of nitrogens with zero attached hydrogens (tertiary/aromatic N) is 3. The van der Waals surface area contributed by atoms with Gasteiger partial charge in [-0.2, -0.15) is 0 Å². The number of H-pyrrole nitrogens is 1. The normalized spacial score (nSPS) is 18.9. The van der Waals surface area contributed by atoms with E-state index in [9.17, 15) is 9.59 Å². The van der Waals surface area contributed by atoms with Crippen LogP contribution in [0.4, 0.5) is 5.82 Å². The lowest BCUT2D eigenvalue weighted by Gasteiger charge is -2.34. The monoisotopic (exact) mass is 425 g/mol. The quantitative estimate of drug-likeness (QED) is 0.602. The van der Waals surface area contributed by atoms with Crippen LogP contribution in [0.3, 0.4) is 0 Å². The summed E-state index contributed by atoms with van der Waals surface area (Å²) in [5, 5.41) is 4.58. The molecule has 1 aliphatic carbocycles. The Labute approximate surface area is 179 Å². The summed E-state index contributed by atoms with van der Waals surface area (Å²) in [5.41, 5.74) is 1.54. The molecule has 1 aliphatic rings. The van der Waals surface area contributed by atoms with Crippen LogP contribution in [0.5, 0.6) is 0 Å². The van der Waals surface area contributed by atoms with Gasteiger partial charge in [0.2, 0.25) is 5.91 Å². The molecule has 0 unspecified atom stereocenters. The Balaban J connectivity index is 1.57. The fourth-order valence-corrected chi connectivity index (χ4v) is 4.32. The van der Waals surface area contributed by atoms with Gasteiger partial charge in [-0.15, -0.1) is 0 Å². The van der Waals surface area contributed by atoms with E-state index in [0.717, 1.165) is 25.7 Å². The van der Waals surface area contributed by atoms with Crippen LogP contribution in [0.15, 0.2) is 36.8 Å². The highest BCUT2D eigenvalue weighted by molar-refractivity contribution is 6.35. The molecule has 7 nitrogen and oxygen atoms in total. The number of aromatic amines is 1. The second-order valence-electron chi connectivity index (χ2n) is 7.74. The predicted molar refractivity (Wildman–Crippen MR) is 117 cm³/mol. The number of ketones is 1. The summed E-state index contributed by atoms with van der Waals surface area (Å²) in [6.07, 6.45) is 6.86. The number of hydrogen-bond donors (Lipinski definition) is 2. The van der Waals surface area contributed by atoms with E-state index in [1.165, 1.54) is 6.33 Å². The Bertz CT molecular complexity index is 1090. The van der Waals surface area contributed by atoms with E-state index >= 15 is 0 Å². The Kier molecular flexibility index (Phi) is 5.72. The van der Waals surface area contributed by atoms with Crippen molar-refractivity contribution in [1.29, 1.82) is 0 Å². The van der Waals surface area contributed by atoms with E-state index in [1.807, 2.05) is 11.9 Å². The number of carbonyl (C=O) groups is 2. The molecule has 0 spiro atoms. The van der Waals surface area contributed by atoms with Crippen molar-refractivity contribution in [2.75, 3.05) is 12.4 Å². The highest BCUT2D eigenvalue weighted by atomic mass is 35.5. The number of fused-ring (bicyclic) bond motifs is 1. The van der Waals surface area contributed by atoms with Gasteiger partial charge in [-0.3, -0.25) is 9.59 Å². The number of amides is 1. The topological polar surface area (TPSA) is 91.0 Å². The van der Waals surface area contributed by atoms with Crippen molar-refractivity contribution in [1.82, 2.24) is 19.9 Å². The minimum atomic E-state index is -0.170. The molecule has 156 valence electrons. The smallest absolute Gasteiger partial charge is 0.219 e. The Morgan fingerprint density at radius 1 is 1.13 bits per heavy atom. The molecule has 30 heavy (non-hydrogen) atoms. The molecular formula is C22H24ClN5O2. The third kappa shape index (κ3) is 3.89. The SMILES string of the molecule is CC(=O)N(C)C1CCC(Nc2ncnc3[nH]cc(C(=O)c4ccccc4Cl)c23)CC1. The molecule has 0 atom stereocenters. The summed E-state index contributed by atoms with van der Waals surface area (Å²) >= 11 is 6.24.